The summed E-state index contributed by atoms with van der Waals surface area (Å²) >= 11 is 1.46. The average molecular weight is 593 g/mol. The Morgan fingerprint density at radius 2 is 1.25 bits per heavy atom. The Balaban J connectivity index is 0.000000269. The van der Waals surface area contributed by atoms with E-state index in [1.165, 1.54) is 54.9 Å². The van der Waals surface area contributed by atoms with Crippen LogP contribution in [0.15, 0.2) is 120 Å². The number of allylic oxidation sites excluding steroid dienone is 4. The molecule has 36 heavy (non-hydrogen) atoms. The molecule has 5 rings (SSSR count). The van der Waals surface area contributed by atoms with Crippen LogP contribution in [-0.2, 0) is 24.2 Å². The van der Waals surface area contributed by atoms with Gasteiger partial charge < -0.3 is 24.8 Å². The average Bonchev–Trinajstić information content (AvgIpc) is 3.56. The summed E-state index contributed by atoms with van der Waals surface area (Å²) in [5, 5.41) is 2.66. The Bertz CT molecular complexity index is 1160. The second kappa shape index (κ2) is 16.8. The molecule has 186 valence electrons. The van der Waals surface area contributed by atoms with Gasteiger partial charge in [-0.25, -0.2) is 6.08 Å². The summed E-state index contributed by atoms with van der Waals surface area (Å²) in [6, 6.07) is 35.8. The molecule has 4 aromatic rings. The van der Waals surface area contributed by atoms with Crippen molar-refractivity contribution in [2.24, 2.45) is 11.8 Å². The van der Waals surface area contributed by atoms with Gasteiger partial charge in [0, 0.05) is 0 Å². The van der Waals surface area contributed by atoms with E-state index in [4.69, 9.17) is 0 Å². The Hall–Kier alpha value is -1.92. The van der Waals surface area contributed by atoms with E-state index in [0.29, 0.717) is 11.8 Å². The Labute approximate surface area is 245 Å². The predicted octanol–water partition coefficient (Wildman–Crippen LogP) is 2.73. The molecule has 0 bridgehead atoms. The molecular weight excluding hydrogens is 558 g/mol. The van der Waals surface area contributed by atoms with Crippen LogP contribution in [0.2, 0.25) is 0 Å². The fourth-order valence-electron chi connectivity index (χ4n) is 3.99. The molecule has 0 aromatic heterocycles. The minimum atomic E-state index is 0. The summed E-state index contributed by atoms with van der Waals surface area (Å²) in [6.45, 7) is 9.03. The van der Waals surface area contributed by atoms with Crippen molar-refractivity contribution in [1.29, 1.82) is 0 Å². The van der Waals surface area contributed by atoms with Gasteiger partial charge in [-0.3, -0.25) is 6.08 Å². The summed E-state index contributed by atoms with van der Waals surface area (Å²) in [4.78, 5) is 0. The van der Waals surface area contributed by atoms with Gasteiger partial charge in [0.25, 0.3) is 0 Å². The summed E-state index contributed by atoms with van der Waals surface area (Å²) in [5.74, 6) is 1.36. The van der Waals surface area contributed by atoms with Crippen LogP contribution >= 0.6 is 0 Å². The minimum Gasteiger partial charge on any atom is -0.168 e. The van der Waals surface area contributed by atoms with Gasteiger partial charge in [-0.15, -0.1) is 36.1 Å². The van der Waals surface area contributed by atoms with Crippen molar-refractivity contribution in [2.45, 2.75) is 34.1 Å². The summed E-state index contributed by atoms with van der Waals surface area (Å²) in [6.07, 6.45) is 6.51. The van der Waals surface area contributed by atoms with Gasteiger partial charge in [-0.05, 0) is 5.92 Å². The zero-order chi connectivity index (χ0) is 24.3. The minimum absolute atomic E-state index is 0. The molecule has 0 fully saturated rings. The van der Waals surface area contributed by atoms with Gasteiger partial charge in [0.15, 0.2) is 0 Å². The molecule has 0 heterocycles. The molecule has 0 aliphatic heterocycles. The second-order valence-corrected chi connectivity index (χ2v) is 10.3. The van der Waals surface area contributed by atoms with Crippen LogP contribution in [0.25, 0.3) is 10.8 Å². The molecule has 0 atom stereocenters. The standard InChI is InChI=1S/C13H10.C11H17.C9H7.2ClH.Zr/c1-3-7-12(8-4-1)11-13-9-5-2-6-10-13;1-8(2)10-6-5-7-11(10)9(3)4;1-2-5-9-7-3-6-8(9)4-1;;;/h1-10H;6,8-9H,7H2,1-4H3;1-7H;2*1H;/q;2*-1;;;+2/p-2. The maximum atomic E-state index is 3.29. The van der Waals surface area contributed by atoms with E-state index in [2.05, 4.69) is 143 Å². The zero-order valence-corrected chi connectivity index (χ0v) is 25.5. The van der Waals surface area contributed by atoms with Crippen molar-refractivity contribution in [3.63, 3.8) is 0 Å². The Morgan fingerprint density at radius 1 is 0.722 bits per heavy atom. The molecular formula is C33H34Cl2Zr-2. The number of halogens is 2. The molecule has 1 aliphatic carbocycles. The topological polar surface area (TPSA) is 0 Å². The summed E-state index contributed by atoms with van der Waals surface area (Å²) in [5.41, 5.74) is 5.76. The molecule has 0 spiro atoms. The maximum Gasteiger partial charge on any atom is -0.0809 e. The van der Waals surface area contributed by atoms with E-state index in [1.54, 1.807) is 5.57 Å². The van der Waals surface area contributed by atoms with Gasteiger partial charge in [-0.2, -0.15) is 28.7 Å². The number of rotatable bonds is 4. The van der Waals surface area contributed by atoms with Crippen LogP contribution in [0.4, 0.5) is 0 Å². The molecule has 0 saturated carbocycles. The molecule has 0 unspecified atom stereocenters. The first-order valence-electron chi connectivity index (χ1n) is 12.1. The van der Waals surface area contributed by atoms with E-state index in [1.807, 2.05) is 0 Å². The SMILES string of the molecule is CC(C)C1=C(C(C)C)C[C-]=C1.[Cl-].[Cl-].[Zr+2]=[C](c1ccccc1)c1ccccc1.c1ccc2[cH-]ccc2c1. The Kier molecular flexibility index (Phi) is 14.9. The number of hydrogen-bond acceptors (Lipinski definition) is 0. The van der Waals surface area contributed by atoms with Crippen molar-refractivity contribution >= 4 is 14.0 Å². The summed E-state index contributed by atoms with van der Waals surface area (Å²) in [7, 11) is 0. The third-order valence-corrected chi connectivity index (χ3v) is 7.33. The second-order valence-electron chi connectivity index (χ2n) is 9.08. The first-order chi connectivity index (χ1) is 16.5. The van der Waals surface area contributed by atoms with Crippen LogP contribution in [0.5, 0.6) is 0 Å². The number of fused-ring (bicyclic) bond motifs is 1. The van der Waals surface area contributed by atoms with Crippen LogP contribution in [-0.4, -0.2) is 3.21 Å². The van der Waals surface area contributed by atoms with Crippen molar-refractivity contribution in [1.82, 2.24) is 0 Å². The van der Waals surface area contributed by atoms with Crippen LogP contribution in [0, 0.1) is 17.9 Å². The van der Waals surface area contributed by atoms with E-state index in [-0.39, 0.29) is 24.8 Å². The predicted molar refractivity (Wildman–Crippen MR) is 145 cm³/mol. The van der Waals surface area contributed by atoms with Crippen molar-refractivity contribution in [3.8, 4) is 0 Å². The normalized spacial score (nSPS) is 11.8. The molecule has 0 radical (unpaired) electrons. The van der Waals surface area contributed by atoms with Crippen molar-refractivity contribution < 1.29 is 49.0 Å². The van der Waals surface area contributed by atoms with Gasteiger partial charge in [0.05, 0.1) is 0 Å². The van der Waals surface area contributed by atoms with Gasteiger partial charge in [0.2, 0.25) is 0 Å². The molecule has 0 N–H and O–H groups in total. The smallest absolute Gasteiger partial charge is 0.0809 e. The van der Waals surface area contributed by atoms with E-state index < -0.39 is 0 Å². The van der Waals surface area contributed by atoms with E-state index in [0.717, 1.165) is 6.42 Å². The third-order valence-electron chi connectivity index (χ3n) is 5.91. The Morgan fingerprint density at radius 3 is 1.72 bits per heavy atom. The quantitative estimate of drug-likeness (QED) is 0.320. The fraction of sp³-hybridized carbons (Fsp3) is 0.212. The largest absolute Gasteiger partial charge is 0.168 e. The molecule has 0 saturated heterocycles. The van der Waals surface area contributed by atoms with E-state index >= 15 is 0 Å². The van der Waals surface area contributed by atoms with Crippen LogP contribution in [0.3, 0.4) is 0 Å². The van der Waals surface area contributed by atoms with Crippen molar-refractivity contribution in [3.05, 3.63) is 138 Å². The molecule has 4 aromatic carbocycles. The molecule has 0 nitrogen and oxygen atoms in total. The van der Waals surface area contributed by atoms with Crippen LogP contribution in [0.1, 0.15) is 45.2 Å². The summed E-state index contributed by atoms with van der Waals surface area (Å²) < 4.78 is 1.42. The monoisotopic (exact) mass is 590 g/mol. The molecule has 0 amide bonds. The molecule has 1 aliphatic rings. The van der Waals surface area contributed by atoms with Gasteiger partial charge in [0.1, 0.15) is 0 Å². The van der Waals surface area contributed by atoms with E-state index in [9.17, 15) is 0 Å². The molecule has 3 heteroatoms. The maximum absolute atomic E-state index is 3.29. The first kappa shape index (κ1) is 32.1. The van der Waals surface area contributed by atoms with Gasteiger partial charge >= 0.3 is 99.2 Å². The number of hydrogen-bond donors (Lipinski definition) is 0. The third kappa shape index (κ3) is 9.51. The van der Waals surface area contributed by atoms with Gasteiger partial charge in [-0.1, -0.05) is 39.7 Å². The zero-order valence-electron chi connectivity index (χ0n) is 21.5. The fourth-order valence-corrected chi connectivity index (χ4v) is 4.81. The number of benzene rings is 3. The van der Waals surface area contributed by atoms with Crippen molar-refractivity contribution in [2.75, 3.05) is 0 Å². The van der Waals surface area contributed by atoms with Crippen LogP contribution < -0.4 is 24.8 Å². The first-order valence-corrected chi connectivity index (χ1v) is 13.3.